The number of halogens is 1. The van der Waals surface area contributed by atoms with E-state index < -0.39 is 10.9 Å². The Hall–Kier alpha value is -3.19. The van der Waals surface area contributed by atoms with Crippen molar-refractivity contribution in [3.63, 3.8) is 0 Å². The van der Waals surface area contributed by atoms with Crippen molar-refractivity contribution in [2.24, 2.45) is 0 Å². The van der Waals surface area contributed by atoms with Crippen molar-refractivity contribution in [3.8, 4) is 11.5 Å². The van der Waals surface area contributed by atoms with Crippen LogP contribution in [0.15, 0.2) is 77.3 Å². The highest BCUT2D eigenvalue weighted by Gasteiger charge is 2.17. The van der Waals surface area contributed by atoms with Crippen LogP contribution >= 0.6 is 15.9 Å². The van der Waals surface area contributed by atoms with Crippen molar-refractivity contribution in [1.29, 1.82) is 0 Å². The van der Waals surface area contributed by atoms with Gasteiger partial charge in [0.1, 0.15) is 17.1 Å². The minimum atomic E-state index is -0.656. The summed E-state index contributed by atoms with van der Waals surface area (Å²) < 4.78 is 11.8. The number of rotatable bonds is 7. The topological polar surface area (TPSA) is 78.7 Å². The summed E-state index contributed by atoms with van der Waals surface area (Å²) in [7, 11) is 0. The summed E-state index contributed by atoms with van der Waals surface area (Å²) in [5.41, 5.74) is 1.20. The number of non-ortho nitro benzene ring substituents is 1. The van der Waals surface area contributed by atoms with Gasteiger partial charge in [-0.2, -0.15) is 0 Å². The van der Waals surface area contributed by atoms with Gasteiger partial charge in [0.05, 0.1) is 17.6 Å². The molecule has 0 bridgehead atoms. The van der Waals surface area contributed by atoms with E-state index in [9.17, 15) is 14.9 Å². The highest BCUT2D eigenvalue weighted by Crippen LogP contribution is 2.26. The Bertz CT molecular complexity index is 991. The lowest BCUT2D eigenvalue weighted by atomic mass is 10.1. The van der Waals surface area contributed by atoms with Crippen molar-refractivity contribution >= 4 is 27.6 Å². The maximum atomic E-state index is 12.6. The number of nitro benzene ring substituents is 1. The maximum absolute atomic E-state index is 12.6. The Morgan fingerprint density at radius 2 is 1.79 bits per heavy atom. The van der Waals surface area contributed by atoms with Crippen molar-refractivity contribution < 1.29 is 19.2 Å². The van der Waals surface area contributed by atoms with Crippen molar-refractivity contribution in [2.45, 2.75) is 6.42 Å². The fraction of sp³-hybridized carbons (Fsp3) is 0.0952. The first-order valence-corrected chi connectivity index (χ1v) is 9.25. The molecule has 0 atom stereocenters. The molecule has 3 aromatic rings. The third-order valence-corrected chi connectivity index (χ3v) is 4.38. The zero-order valence-electron chi connectivity index (χ0n) is 14.7. The van der Waals surface area contributed by atoms with E-state index in [2.05, 4.69) is 15.9 Å². The predicted octanol–water partition coefficient (Wildman–Crippen LogP) is 5.20. The summed E-state index contributed by atoms with van der Waals surface area (Å²) in [6.07, 6.45) is 0.691. The molecule has 6 nitrogen and oxygen atoms in total. The lowest BCUT2D eigenvalue weighted by Gasteiger charge is -2.12. The lowest BCUT2D eigenvalue weighted by molar-refractivity contribution is -0.384. The molecule has 0 amide bonds. The van der Waals surface area contributed by atoms with Gasteiger partial charge in [-0.1, -0.05) is 52.3 Å². The Morgan fingerprint density at radius 3 is 2.54 bits per heavy atom. The van der Waals surface area contributed by atoms with Gasteiger partial charge < -0.3 is 9.47 Å². The molecule has 0 spiro atoms. The fourth-order valence-corrected chi connectivity index (χ4v) is 2.89. The zero-order valence-corrected chi connectivity index (χ0v) is 16.3. The molecule has 28 heavy (non-hydrogen) atoms. The molecule has 0 aliphatic rings. The molecule has 0 N–H and O–H groups in total. The molecule has 0 heterocycles. The lowest BCUT2D eigenvalue weighted by Crippen LogP contribution is -2.12. The van der Waals surface area contributed by atoms with Crippen LogP contribution in [0.3, 0.4) is 0 Å². The summed E-state index contributed by atoms with van der Waals surface area (Å²) in [5, 5.41) is 10.9. The average molecular weight is 442 g/mol. The number of hydrogen-bond acceptors (Lipinski definition) is 5. The molecule has 0 saturated heterocycles. The number of ether oxygens (including phenoxy) is 2. The van der Waals surface area contributed by atoms with Gasteiger partial charge in [0, 0.05) is 17.0 Å². The zero-order chi connectivity index (χ0) is 19.9. The van der Waals surface area contributed by atoms with Crippen LogP contribution in [0, 0.1) is 10.1 Å². The average Bonchev–Trinajstić information content (AvgIpc) is 2.70. The maximum Gasteiger partial charge on any atom is 0.347 e. The normalized spacial score (nSPS) is 10.3. The van der Waals surface area contributed by atoms with Crippen LogP contribution in [0.2, 0.25) is 0 Å². The molecule has 0 radical (unpaired) electrons. The first-order valence-electron chi connectivity index (χ1n) is 8.46. The smallest absolute Gasteiger partial charge is 0.347 e. The van der Waals surface area contributed by atoms with E-state index >= 15 is 0 Å². The molecular formula is C21H16BrNO5. The Kier molecular flexibility index (Phi) is 6.39. The third-order valence-electron chi connectivity index (χ3n) is 3.89. The largest absolute Gasteiger partial charge is 0.492 e. The summed E-state index contributed by atoms with van der Waals surface area (Å²) in [6, 6.07) is 20.4. The van der Waals surface area contributed by atoms with Gasteiger partial charge >= 0.3 is 5.97 Å². The molecule has 142 valence electrons. The molecule has 0 aliphatic carbocycles. The van der Waals surface area contributed by atoms with Crippen molar-refractivity contribution in [1.82, 2.24) is 0 Å². The first kappa shape index (κ1) is 19.6. The number of nitrogens with zero attached hydrogens (tertiary/aromatic N) is 1. The molecule has 0 fully saturated rings. The van der Waals surface area contributed by atoms with Crippen LogP contribution in [-0.2, 0) is 6.42 Å². The predicted molar refractivity (Wildman–Crippen MR) is 108 cm³/mol. The highest BCUT2D eigenvalue weighted by molar-refractivity contribution is 9.10. The standard InChI is InChI=1S/C21H16BrNO5/c22-16-9-10-20(27-12-11-15-5-2-1-3-6-15)19(13-16)21(24)28-18-8-4-7-17(14-18)23(25)26/h1-10,13-14H,11-12H2. The molecule has 7 heteroatoms. The quantitative estimate of drug-likeness (QED) is 0.218. The second-order valence-electron chi connectivity index (χ2n) is 5.87. The summed E-state index contributed by atoms with van der Waals surface area (Å²) in [5.74, 6) is -0.180. The SMILES string of the molecule is O=C(Oc1cccc([N+](=O)[O-])c1)c1cc(Br)ccc1OCCc1ccccc1. The fourth-order valence-electron chi connectivity index (χ4n) is 2.53. The highest BCUT2D eigenvalue weighted by atomic mass is 79.9. The monoisotopic (exact) mass is 441 g/mol. The number of hydrogen-bond donors (Lipinski definition) is 0. The van der Waals surface area contributed by atoms with Gasteiger partial charge in [-0.05, 0) is 29.8 Å². The first-order chi connectivity index (χ1) is 13.5. The number of carbonyl (C=O) groups is 1. The molecule has 3 rings (SSSR count). The van der Waals surface area contributed by atoms with Gasteiger partial charge in [0.2, 0.25) is 0 Å². The van der Waals surface area contributed by atoms with Crippen LogP contribution in [0.1, 0.15) is 15.9 Å². The molecule has 0 aromatic heterocycles. The second-order valence-corrected chi connectivity index (χ2v) is 6.78. The van der Waals surface area contributed by atoms with Gasteiger partial charge in [-0.15, -0.1) is 0 Å². The third kappa shape index (κ3) is 5.17. The van der Waals surface area contributed by atoms with E-state index in [1.54, 1.807) is 18.2 Å². The van der Waals surface area contributed by atoms with E-state index in [4.69, 9.17) is 9.47 Å². The van der Waals surface area contributed by atoms with Gasteiger partial charge in [-0.3, -0.25) is 10.1 Å². The van der Waals surface area contributed by atoms with Crippen LogP contribution in [0.4, 0.5) is 5.69 Å². The van der Waals surface area contributed by atoms with Crippen molar-refractivity contribution in [3.05, 3.63) is 98.5 Å². The summed E-state index contributed by atoms with van der Waals surface area (Å²) in [6.45, 7) is 0.392. The number of esters is 1. The molecule has 0 aliphatic heterocycles. The van der Waals surface area contributed by atoms with E-state index in [-0.39, 0.29) is 17.0 Å². The Labute approximate surface area is 170 Å². The van der Waals surface area contributed by atoms with E-state index in [1.165, 1.54) is 24.3 Å². The minimum Gasteiger partial charge on any atom is -0.492 e. The van der Waals surface area contributed by atoms with E-state index in [0.29, 0.717) is 23.2 Å². The van der Waals surface area contributed by atoms with Gasteiger partial charge in [0.15, 0.2) is 0 Å². The Morgan fingerprint density at radius 1 is 1.00 bits per heavy atom. The van der Waals surface area contributed by atoms with E-state index in [0.717, 1.165) is 5.56 Å². The van der Waals surface area contributed by atoms with Crippen LogP contribution in [0.25, 0.3) is 0 Å². The van der Waals surface area contributed by atoms with Crippen molar-refractivity contribution in [2.75, 3.05) is 6.61 Å². The molecule has 0 saturated carbocycles. The van der Waals surface area contributed by atoms with Crippen LogP contribution in [0.5, 0.6) is 11.5 Å². The van der Waals surface area contributed by atoms with Crippen LogP contribution < -0.4 is 9.47 Å². The van der Waals surface area contributed by atoms with Gasteiger partial charge in [0.25, 0.3) is 5.69 Å². The Balaban J connectivity index is 1.73. The number of nitro groups is 1. The molecule has 3 aromatic carbocycles. The number of benzene rings is 3. The second kappa shape index (κ2) is 9.14. The molecule has 0 unspecified atom stereocenters. The van der Waals surface area contributed by atoms with Crippen LogP contribution in [-0.4, -0.2) is 17.5 Å². The summed E-state index contributed by atoms with van der Waals surface area (Å²) >= 11 is 3.33. The minimum absolute atomic E-state index is 0.0920. The van der Waals surface area contributed by atoms with E-state index in [1.807, 2.05) is 30.3 Å². The van der Waals surface area contributed by atoms with Gasteiger partial charge in [-0.25, -0.2) is 4.79 Å². The summed E-state index contributed by atoms with van der Waals surface area (Å²) in [4.78, 5) is 22.9. The number of carbonyl (C=O) groups excluding carboxylic acids is 1. The molecular weight excluding hydrogens is 426 g/mol.